The molecule has 1 heterocycles. The van der Waals surface area contributed by atoms with Gasteiger partial charge in [-0.3, -0.25) is 14.5 Å². The van der Waals surface area contributed by atoms with Crippen molar-refractivity contribution in [2.75, 3.05) is 46.3 Å². The van der Waals surface area contributed by atoms with E-state index in [9.17, 15) is 9.59 Å². The summed E-state index contributed by atoms with van der Waals surface area (Å²) in [6, 6.07) is 0.104. The third-order valence-electron chi connectivity index (χ3n) is 3.74. The third kappa shape index (κ3) is 6.44. The Morgan fingerprint density at radius 3 is 2.67 bits per heavy atom. The predicted molar refractivity (Wildman–Crippen MR) is 84.0 cm³/mol. The summed E-state index contributed by atoms with van der Waals surface area (Å²) >= 11 is 0. The van der Waals surface area contributed by atoms with Crippen LogP contribution < -0.4 is 10.6 Å². The normalized spacial score (nSPS) is 19.0. The molecule has 6 heteroatoms. The van der Waals surface area contributed by atoms with Crippen LogP contribution in [0.25, 0.3) is 0 Å². The standard InChI is InChI=1S/C15H30N4O2/c1-5-19(10-14(20)17-12(2)3)15(21)11-18-7-6-13(9-18)8-16-4/h12-13,16H,5-11H2,1-4H3,(H,17,20). The van der Waals surface area contributed by atoms with Gasteiger partial charge in [0.1, 0.15) is 0 Å². The summed E-state index contributed by atoms with van der Waals surface area (Å²) in [7, 11) is 1.96. The van der Waals surface area contributed by atoms with Crippen LogP contribution in [-0.2, 0) is 9.59 Å². The zero-order valence-electron chi connectivity index (χ0n) is 13.8. The molecule has 1 unspecified atom stereocenters. The molecule has 2 amide bonds. The second-order valence-electron chi connectivity index (χ2n) is 6.08. The summed E-state index contributed by atoms with van der Waals surface area (Å²) in [6.07, 6.45) is 1.13. The van der Waals surface area contributed by atoms with Gasteiger partial charge < -0.3 is 15.5 Å². The van der Waals surface area contributed by atoms with E-state index in [1.54, 1.807) is 4.90 Å². The van der Waals surface area contributed by atoms with E-state index in [0.29, 0.717) is 19.0 Å². The summed E-state index contributed by atoms with van der Waals surface area (Å²) in [5.74, 6) is 0.582. The lowest BCUT2D eigenvalue weighted by molar-refractivity contribution is -0.136. The highest BCUT2D eigenvalue weighted by atomic mass is 16.2. The minimum Gasteiger partial charge on any atom is -0.352 e. The van der Waals surface area contributed by atoms with Gasteiger partial charge in [0, 0.05) is 19.1 Å². The molecule has 0 saturated carbocycles. The molecule has 1 saturated heterocycles. The van der Waals surface area contributed by atoms with Gasteiger partial charge in [-0.05, 0) is 53.2 Å². The lowest BCUT2D eigenvalue weighted by atomic mass is 10.1. The van der Waals surface area contributed by atoms with Crippen LogP contribution in [-0.4, -0.2) is 74.0 Å². The predicted octanol–water partition coefficient (Wildman–Crippen LogP) is -0.0992. The lowest BCUT2D eigenvalue weighted by Gasteiger charge is -2.24. The third-order valence-corrected chi connectivity index (χ3v) is 3.74. The van der Waals surface area contributed by atoms with Crippen molar-refractivity contribution >= 4 is 11.8 Å². The molecule has 1 atom stereocenters. The number of likely N-dealkylation sites (N-methyl/N-ethyl adjacent to an activating group) is 1. The van der Waals surface area contributed by atoms with Crippen LogP contribution in [0.15, 0.2) is 0 Å². The average Bonchev–Trinajstić information content (AvgIpc) is 2.82. The minimum atomic E-state index is -0.0883. The number of nitrogens with zero attached hydrogens (tertiary/aromatic N) is 2. The van der Waals surface area contributed by atoms with Gasteiger partial charge in [0.25, 0.3) is 0 Å². The van der Waals surface area contributed by atoms with Gasteiger partial charge in [-0.1, -0.05) is 0 Å². The van der Waals surface area contributed by atoms with Crippen molar-refractivity contribution in [2.24, 2.45) is 5.92 Å². The number of amides is 2. The van der Waals surface area contributed by atoms with E-state index in [-0.39, 0.29) is 24.4 Å². The lowest BCUT2D eigenvalue weighted by Crippen LogP contribution is -2.46. The maximum Gasteiger partial charge on any atom is 0.239 e. The van der Waals surface area contributed by atoms with E-state index in [2.05, 4.69) is 15.5 Å². The molecule has 0 radical (unpaired) electrons. The van der Waals surface area contributed by atoms with Crippen LogP contribution in [0.3, 0.4) is 0 Å². The molecule has 0 bridgehead atoms. The number of hydrogen-bond donors (Lipinski definition) is 2. The molecular formula is C15H30N4O2. The molecule has 1 aliphatic rings. The Kier molecular flexibility index (Phi) is 7.67. The number of carbonyl (C=O) groups is 2. The average molecular weight is 298 g/mol. The molecule has 2 N–H and O–H groups in total. The first-order chi connectivity index (χ1) is 9.96. The van der Waals surface area contributed by atoms with Crippen LogP contribution in [0, 0.1) is 5.92 Å². The number of rotatable bonds is 8. The zero-order valence-corrected chi connectivity index (χ0v) is 13.8. The van der Waals surface area contributed by atoms with Crippen molar-refractivity contribution in [2.45, 2.75) is 33.2 Å². The van der Waals surface area contributed by atoms with Crippen molar-refractivity contribution < 1.29 is 9.59 Å². The zero-order chi connectivity index (χ0) is 15.8. The molecule has 1 aliphatic heterocycles. The quantitative estimate of drug-likeness (QED) is 0.657. The van der Waals surface area contributed by atoms with Crippen molar-refractivity contribution in [3.8, 4) is 0 Å². The highest BCUT2D eigenvalue weighted by molar-refractivity contribution is 5.85. The maximum atomic E-state index is 12.3. The van der Waals surface area contributed by atoms with Crippen LogP contribution in [0.4, 0.5) is 0 Å². The molecule has 122 valence electrons. The van der Waals surface area contributed by atoms with E-state index < -0.39 is 0 Å². The fourth-order valence-corrected chi connectivity index (χ4v) is 2.72. The first-order valence-corrected chi connectivity index (χ1v) is 7.90. The number of likely N-dealkylation sites (tertiary alicyclic amines) is 1. The topological polar surface area (TPSA) is 64.7 Å². The second-order valence-corrected chi connectivity index (χ2v) is 6.08. The highest BCUT2D eigenvalue weighted by Crippen LogP contribution is 2.15. The Morgan fingerprint density at radius 2 is 2.10 bits per heavy atom. The van der Waals surface area contributed by atoms with Gasteiger partial charge in [0.2, 0.25) is 11.8 Å². The summed E-state index contributed by atoms with van der Waals surface area (Å²) < 4.78 is 0. The summed E-state index contributed by atoms with van der Waals surface area (Å²) in [5, 5.41) is 6.01. The largest absolute Gasteiger partial charge is 0.352 e. The first-order valence-electron chi connectivity index (χ1n) is 7.90. The van der Waals surface area contributed by atoms with E-state index >= 15 is 0 Å². The number of carbonyl (C=O) groups excluding carboxylic acids is 2. The van der Waals surface area contributed by atoms with Gasteiger partial charge in [-0.2, -0.15) is 0 Å². The van der Waals surface area contributed by atoms with Crippen LogP contribution in [0.1, 0.15) is 27.2 Å². The van der Waals surface area contributed by atoms with Crippen LogP contribution in [0.2, 0.25) is 0 Å². The van der Waals surface area contributed by atoms with E-state index in [1.165, 1.54) is 0 Å². The van der Waals surface area contributed by atoms with Gasteiger partial charge in [-0.15, -0.1) is 0 Å². The summed E-state index contributed by atoms with van der Waals surface area (Å²) in [4.78, 5) is 27.9. The van der Waals surface area contributed by atoms with Gasteiger partial charge >= 0.3 is 0 Å². The van der Waals surface area contributed by atoms with Crippen molar-refractivity contribution in [1.82, 2.24) is 20.4 Å². The van der Waals surface area contributed by atoms with Gasteiger partial charge in [-0.25, -0.2) is 0 Å². The molecule has 1 fully saturated rings. The molecule has 0 aromatic heterocycles. The van der Waals surface area contributed by atoms with Crippen molar-refractivity contribution in [3.63, 3.8) is 0 Å². The highest BCUT2D eigenvalue weighted by Gasteiger charge is 2.25. The molecule has 1 rings (SSSR count). The fraction of sp³-hybridized carbons (Fsp3) is 0.867. The van der Waals surface area contributed by atoms with Crippen LogP contribution in [0.5, 0.6) is 0 Å². The molecule has 0 aromatic carbocycles. The molecule has 0 aromatic rings. The Labute approximate surface area is 128 Å². The molecule has 0 aliphatic carbocycles. The van der Waals surface area contributed by atoms with Gasteiger partial charge in [0.05, 0.1) is 13.1 Å². The van der Waals surface area contributed by atoms with E-state index in [1.807, 2.05) is 27.8 Å². The Bertz CT molecular complexity index is 347. The Hall–Kier alpha value is -1.14. The second kappa shape index (κ2) is 9.00. The summed E-state index contributed by atoms with van der Waals surface area (Å²) in [5.41, 5.74) is 0. The number of nitrogens with one attached hydrogen (secondary N) is 2. The smallest absolute Gasteiger partial charge is 0.239 e. The van der Waals surface area contributed by atoms with E-state index in [0.717, 1.165) is 26.1 Å². The SMILES string of the molecule is CCN(CC(=O)NC(C)C)C(=O)CN1CCC(CNC)C1. The maximum absolute atomic E-state index is 12.3. The molecular weight excluding hydrogens is 268 g/mol. The molecule has 0 spiro atoms. The van der Waals surface area contributed by atoms with Gasteiger partial charge in [0.15, 0.2) is 0 Å². The Balaban J connectivity index is 2.39. The van der Waals surface area contributed by atoms with Crippen molar-refractivity contribution in [1.29, 1.82) is 0 Å². The number of hydrogen-bond acceptors (Lipinski definition) is 4. The molecule has 6 nitrogen and oxygen atoms in total. The molecule has 21 heavy (non-hydrogen) atoms. The van der Waals surface area contributed by atoms with Crippen LogP contribution >= 0.6 is 0 Å². The monoisotopic (exact) mass is 298 g/mol. The Morgan fingerprint density at radius 1 is 1.38 bits per heavy atom. The van der Waals surface area contributed by atoms with Crippen molar-refractivity contribution in [3.05, 3.63) is 0 Å². The first kappa shape index (κ1) is 17.9. The fourth-order valence-electron chi connectivity index (χ4n) is 2.72. The summed E-state index contributed by atoms with van der Waals surface area (Å²) in [6.45, 7) is 9.82. The minimum absolute atomic E-state index is 0.0431. The van der Waals surface area contributed by atoms with E-state index in [4.69, 9.17) is 0 Å².